The second-order valence-corrected chi connectivity index (χ2v) is 7.40. The molecule has 0 saturated carbocycles. The van der Waals surface area contributed by atoms with Crippen LogP contribution in [0.25, 0.3) is 10.2 Å². The molecule has 0 unspecified atom stereocenters. The van der Waals surface area contributed by atoms with Crippen LogP contribution in [-0.2, 0) is 27.3 Å². The molecule has 1 aliphatic heterocycles. The van der Waals surface area contributed by atoms with Crippen LogP contribution in [0, 0.1) is 6.92 Å². The van der Waals surface area contributed by atoms with Crippen molar-refractivity contribution in [2.24, 2.45) is 4.99 Å². The summed E-state index contributed by atoms with van der Waals surface area (Å²) in [5.74, 6) is 0.527. The number of hydrogen-bond donors (Lipinski definition) is 0. The lowest BCUT2D eigenvalue weighted by Crippen LogP contribution is -2.22. The molecule has 0 bridgehead atoms. The number of thiazole rings is 1. The first-order valence-electron chi connectivity index (χ1n) is 8.66. The Labute approximate surface area is 164 Å². The van der Waals surface area contributed by atoms with Gasteiger partial charge in [0.15, 0.2) is 16.3 Å². The standard InChI is InChI=1S/C20H18N2O5S/c1-12-4-3-5-13(6-12)7-18(23)21-20-22(10-19(24)25-2)14-8-15-16(27-11-26-15)9-17(14)28-20/h3-6,8-9H,7,10-11H2,1-2H3. The van der Waals surface area contributed by atoms with Gasteiger partial charge in [0.1, 0.15) is 6.54 Å². The highest BCUT2D eigenvalue weighted by Crippen LogP contribution is 2.37. The molecule has 1 aliphatic rings. The number of esters is 1. The van der Waals surface area contributed by atoms with E-state index >= 15 is 0 Å². The highest BCUT2D eigenvalue weighted by atomic mass is 32.1. The maximum atomic E-state index is 12.5. The zero-order valence-corrected chi connectivity index (χ0v) is 16.2. The fraction of sp³-hybridized carbons (Fsp3) is 0.250. The number of amides is 1. The molecule has 28 heavy (non-hydrogen) atoms. The summed E-state index contributed by atoms with van der Waals surface area (Å²) < 4.78 is 18.2. The molecule has 2 heterocycles. The summed E-state index contributed by atoms with van der Waals surface area (Å²) in [5.41, 5.74) is 2.72. The van der Waals surface area contributed by atoms with E-state index in [-0.39, 0.29) is 25.7 Å². The second-order valence-electron chi connectivity index (χ2n) is 6.39. The second kappa shape index (κ2) is 7.47. The van der Waals surface area contributed by atoms with Crippen molar-refractivity contribution in [1.29, 1.82) is 0 Å². The number of rotatable bonds is 4. The average Bonchev–Trinajstić information content (AvgIpc) is 3.24. The molecule has 1 amide bonds. The first-order chi connectivity index (χ1) is 13.5. The van der Waals surface area contributed by atoms with Crippen molar-refractivity contribution in [2.75, 3.05) is 13.9 Å². The quantitative estimate of drug-likeness (QED) is 0.631. The summed E-state index contributed by atoms with van der Waals surface area (Å²) in [5, 5.41) is 0. The Morgan fingerprint density at radius 3 is 2.75 bits per heavy atom. The van der Waals surface area contributed by atoms with Crippen LogP contribution in [0.3, 0.4) is 0 Å². The molecule has 8 heteroatoms. The van der Waals surface area contributed by atoms with E-state index in [0.717, 1.165) is 21.3 Å². The minimum Gasteiger partial charge on any atom is -0.468 e. The summed E-state index contributed by atoms with van der Waals surface area (Å²) in [6, 6.07) is 11.4. The van der Waals surface area contributed by atoms with Gasteiger partial charge in [0.2, 0.25) is 6.79 Å². The number of carbonyl (C=O) groups excluding carboxylic acids is 2. The van der Waals surface area contributed by atoms with Crippen molar-refractivity contribution < 1.29 is 23.8 Å². The van der Waals surface area contributed by atoms with E-state index in [2.05, 4.69) is 4.99 Å². The molecule has 7 nitrogen and oxygen atoms in total. The van der Waals surface area contributed by atoms with Gasteiger partial charge in [-0.1, -0.05) is 41.2 Å². The summed E-state index contributed by atoms with van der Waals surface area (Å²) in [6.07, 6.45) is 0.191. The largest absolute Gasteiger partial charge is 0.468 e. The topological polar surface area (TPSA) is 79.1 Å². The molecule has 0 radical (unpaired) electrons. The molecule has 0 atom stereocenters. The third-order valence-corrected chi connectivity index (χ3v) is 5.39. The predicted octanol–water partition coefficient (Wildman–Crippen LogP) is 2.58. The van der Waals surface area contributed by atoms with E-state index in [0.29, 0.717) is 16.3 Å². The van der Waals surface area contributed by atoms with Crippen molar-refractivity contribution in [3.63, 3.8) is 0 Å². The monoisotopic (exact) mass is 398 g/mol. The van der Waals surface area contributed by atoms with Crippen LogP contribution in [0.4, 0.5) is 0 Å². The third-order valence-electron chi connectivity index (χ3n) is 4.35. The summed E-state index contributed by atoms with van der Waals surface area (Å²) in [7, 11) is 1.33. The number of methoxy groups -OCH3 is 1. The zero-order chi connectivity index (χ0) is 19.7. The molecule has 4 rings (SSSR count). The number of fused-ring (bicyclic) bond motifs is 2. The fourth-order valence-electron chi connectivity index (χ4n) is 3.03. The first-order valence-corrected chi connectivity index (χ1v) is 9.48. The molecule has 1 aromatic heterocycles. The Kier molecular flexibility index (Phi) is 4.87. The van der Waals surface area contributed by atoms with Crippen molar-refractivity contribution in [3.05, 3.63) is 52.3 Å². The molecule has 2 aromatic carbocycles. The van der Waals surface area contributed by atoms with Crippen LogP contribution in [0.15, 0.2) is 41.4 Å². The number of benzene rings is 2. The van der Waals surface area contributed by atoms with E-state index in [1.165, 1.54) is 18.4 Å². The number of ether oxygens (including phenoxy) is 3. The van der Waals surface area contributed by atoms with Crippen LogP contribution in [-0.4, -0.2) is 30.3 Å². The Morgan fingerprint density at radius 1 is 1.21 bits per heavy atom. The van der Waals surface area contributed by atoms with Crippen molar-refractivity contribution in [1.82, 2.24) is 4.57 Å². The summed E-state index contributed by atoms with van der Waals surface area (Å²) in [6.45, 7) is 2.09. The highest BCUT2D eigenvalue weighted by Gasteiger charge is 2.19. The van der Waals surface area contributed by atoms with Crippen LogP contribution >= 0.6 is 11.3 Å². The van der Waals surface area contributed by atoms with E-state index in [4.69, 9.17) is 14.2 Å². The van der Waals surface area contributed by atoms with Crippen molar-refractivity contribution in [3.8, 4) is 11.5 Å². The van der Waals surface area contributed by atoms with Gasteiger partial charge in [-0.25, -0.2) is 0 Å². The minimum absolute atomic E-state index is 0.0489. The van der Waals surface area contributed by atoms with Crippen LogP contribution in [0.1, 0.15) is 11.1 Å². The Morgan fingerprint density at radius 2 is 2.00 bits per heavy atom. The Bertz CT molecular complexity index is 1150. The van der Waals surface area contributed by atoms with Gasteiger partial charge >= 0.3 is 5.97 Å². The molecule has 0 aliphatic carbocycles. The Balaban J connectivity index is 1.76. The van der Waals surface area contributed by atoms with Crippen LogP contribution in [0.2, 0.25) is 0 Å². The van der Waals surface area contributed by atoms with Crippen molar-refractivity contribution >= 4 is 33.4 Å². The molecule has 3 aromatic rings. The minimum atomic E-state index is -0.426. The molecular formula is C20H18N2O5S. The molecule has 144 valence electrons. The third kappa shape index (κ3) is 3.63. The maximum Gasteiger partial charge on any atom is 0.325 e. The van der Waals surface area contributed by atoms with Gasteiger partial charge < -0.3 is 18.8 Å². The number of carbonyl (C=O) groups is 2. The van der Waals surface area contributed by atoms with Gasteiger partial charge in [-0.3, -0.25) is 9.59 Å². The lowest BCUT2D eigenvalue weighted by Gasteiger charge is -2.04. The molecular weight excluding hydrogens is 380 g/mol. The van der Waals surface area contributed by atoms with Crippen LogP contribution < -0.4 is 14.3 Å². The van der Waals surface area contributed by atoms with Gasteiger partial charge in [-0.05, 0) is 12.5 Å². The van der Waals surface area contributed by atoms with Gasteiger partial charge in [-0.2, -0.15) is 4.99 Å². The van der Waals surface area contributed by atoms with E-state index in [1.807, 2.05) is 37.3 Å². The maximum absolute atomic E-state index is 12.5. The van der Waals surface area contributed by atoms with Crippen molar-refractivity contribution in [2.45, 2.75) is 19.9 Å². The van der Waals surface area contributed by atoms with Gasteiger partial charge in [0, 0.05) is 12.1 Å². The van der Waals surface area contributed by atoms with Gasteiger partial charge in [0.05, 0.1) is 23.7 Å². The number of nitrogens with zero attached hydrogens (tertiary/aromatic N) is 2. The molecule has 0 fully saturated rings. The predicted molar refractivity (Wildman–Crippen MR) is 103 cm³/mol. The van der Waals surface area contributed by atoms with Crippen LogP contribution in [0.5, 0.6) is 11.5 Å². The number of aryl methyl sites for hydroxylation is 1. The summed E-state index contributed by atoms with van der Waals surface area (Å²) in [4.78, 5) is 29.1. The molecule has 0 N–H and O–H groups in total. The van der Waals surface area contributed by atoms with E-state index in [9.17, 15) is 9.59 Å². The molecule has 0 saturated heterocycles. The number of hydrogen-bond acceptors (Lipinski definition) is 6. The highest BCUT2D eigenvalue weighted by molar-refractivity contribution is 7.16. The Hall–Kier alpha value is -3.13. The average molecular weight is 398 g/mol. The van der Waals surface area contributed by atoms with Gasteiger partial charge in [0.25, 0.3) is 5.91 Å². The van der Waals surface area contributed by atoms with E-state index in [1.54, 1.807) is 10.6 Å². The lowest BCUT2D eigenvalue weighted by atomic mass is 10.1. The van der Waals surface area contributed by atoms with E-state index < -0.39 is 5.97 Å². The summed E-state index contributed by atoms with van der Waals surface area (Å²) >= 11 is 1.32. The molecule has 0 spiro atoms. The lowest BCUT2D eigenvalue weighted by molar-refractivity contribution is -0.141. The van der Waals surface area contributed by atoms with Gasteiger partial charge in [-0.15, -0.1) is 0 Å². The SMILES string of the molecule is COC(=O)Cn1c(=NC(=O)Cc2cccc(C)c2)sc2cc3c(cc21)OCO3. The zero-order valence-electron chi connectivity index (χ0n) is 15.4. The number of aromatic nitrogens is 1. The first kappa shape index (κ1) is 18.2. The normalized spacial score (nSPS) is 13.1. The smallest absolute Gasteiger partial charge is 0.325 e. The fourth-order valence-corrected chi connectivity index (χ4v) is 4.09.